The first-order chi connectivity index (χ1) is 13.3. The van der Waals surface area contributed by atoms with Gasteiger partial charge in [0, 0.05) is 23.1 Å². The van der Waals surface area contributed by atoms with Crippen molar-refractivity contribution in [2.75, 3.05) is 0 Å². The van der Waals surface area contributed by atoms with E-state index in [1.165, 1.54) is 29.0 Å². The van der Waals surface area contributed by atoms with Crippen LogP contribution < -0.4 is 4.80 Å². The van der Waals surface area contributed by atoms with Gasteiger partial charge in [-0.2, -0.15) is 4.99 Å². The van der Waals surface area contributed by atoms with Gasteiger partial charge in [-0.05, 0) is 38.5 Å². The average Bonchev–Trinajstić information content (AvgIpc) is 2.97. The average molecular weight is 416 g/mol. The Morgan fingerprint density at radius 2 is 1.89 bits per heavy atom. The highest BCUT2D eigenvalue weighted by Gasteiger charge is 2.17. The molecule has 2 aromatic carbocycles. The quantitative estimate of drug-likeness (QED) is 0.436. The lowest BCUT2D eigenvalue weighted by molar-refractivity contribution is -0.384. The normalized spacial score (nSPS) is 11.6. The van der Waals surface area contributed by atoms with Crippen LogP contribution in [0.5, 0.6) is 0 Å². The Hall–Kier alpha value is -2.77. The molecule has 0 saturated heterocycles. The molecule has 0 fully saturated rings. The predicted molar refractivity (Wildman–Crippen MR) is 111 cm³/mol. The van der Waals surface area contributed by atoms with Crippen molar-refractivity contribution in [1.29, 1.82) is 0 Å². The lowest BCUT2D eigenvalue weighted by Gasteiger charge is -2.08. The molecule has 3 aromatic rings. The lowest BCUT2D eigenvalue weighted by Crippen LogP contribution is -2.17. The molecular weight excluding hydrogens is 398 g/mol. The highest BCUT2D eigenvalue weighted by molar-refractivity contribution is 7.09. The number of nitro groups is 1. The number of thiazole rings is 1. The zero-order valence-corrected chi connectivity index (χ0v) is 17.2. The number of carbonyl (C=O) groups excluding carboxylic acids is 1. The Labute approximate surface area is 170 Å². The fourth-order valence-corrected chi connectivity index (χ4v) is 4.15. The van der Waals surface area contributed by atoms with Crippen molar-refractivity contribution < 1.29 is 9.72 Å². The number of benzene rings is 2. The predicted octanol–water partition coefficient (Wildman–Crippen LogP) is 5.16. The van der Waals surface area contributed by atoms with Crippen molar-refractivity contribution in [3.8, 4) is 11.3 Å². The molecule has 0 atom stereocenters. The van der Waals surface area contributed by atoms with Gasteiger partial charge in [0.15, 0.2) is 4.80 Å². The summed E-state index contributed by atoms with van der Waals surface area (Å²) < 4.78 is 1.98. The molecule has 3 rings (SSSR count). The number of rotatable bonds is 4. The van der Waals surface area contributed by atoms with Gasteiger partial charge < -0.3 is 4.57 Å². The zero-order chi connectivity index (χ0) is 20.4. The third kappa shape index (κ3) is 3.90. The molecule has 0 aliphatic rings. The Balaban J connectivity index is 2.09. The molecule has 0 aliphatic carbocycles. The minimum absolute atomic E-state index is 0.0150. The van der Waals surface area contributed by atoms with Crippen LogP contribution in [0.4, 0.5) is 5.69 Å². The molecule has 1 aromatic heterocycles. The molecule has 6 nitrogen and oxygen atoms in total. The van der Waals surface area contributed by atoms with Crippen LogP contribution in [0.25, 0.3) is 11.3 Å². The molecule has 0 bridgehead atoms. The van der Waals surface area contributed by atoms with Gasteiger partial charge >= 0.3 is 0 Å². The maximum Gasteiger partial charge on any atom is 0.288 e. The van der Waals surface area contributed by atoms with E-state index in [-0.39, 0.29) is 16.3 Å². The van der Waals surface area contributed by atoms with E-state index in [2.05, 4.69) is 4.99 Å². The van der Waals surface area contributed by atoms with E-state index in [0.717, 1.165) is 22.2 Å². The molecule has 8 heteroatoms. The van der Waals surface area contributed by atoms with Crippen molar-refractivity contribution in [3.05, 3.63) is 78.4 Å². The van der Waals surface area contributed by atoms with Crippen LogP contribution in [-0.2, 0) is 6.54 Å². The summed E-state index contributed by atoms with van der Waals surface area (Å²) >= 11 is 7.24. The van der Waals surface area contributed by atoms with Crippen LogP contribution in [0.2, 0.25) is 5.02 Å². The fraction of sp³-hybridized carbons (Fsp3) is 0.200. The summed E-state index contributed by atoms with van der Waals surface area (Å²) in [4.78, 5) is 28.9. The second kappa shape index (κ2) is 8.08. The van der Waals surface area contributed by atoms with Gasteiger partial charge in [0.05, 0.1) is 10.6 Å². The smallest absolute Gasteiger partial charge is 0.288 e. The van der Waals surface area contributed by atoms with E-state index in [9.17, 15) is 14.9 Å². The Morgan fingerprint density at radius 3 is 2.50 bits per heavy atom. The summed E-state index contributed by atoms with van der Waals surface area (Å²) in [6.07, 6.45) is 0. The van der Waals surface area contributed by atoms with Crippen molar-refractivity contribution in [2.45, 2.75) is 27.3 Å². The van der Waals surface area contributed by atoms with Crippen molar-refractivity contribution in [2.24, 2.45) is 4.99 Å². The van der Waals surface area contributed by atoms with Crippen molar-refractivity contribution >= 4 is 34.5 Å². The van der Waals surface area contributed by atoms with Gasteiger partial charge in [-0.15, -0.1) is 11.3 Å². The van der Waals surface area contributed by atoms with Crippen LogP contribution >= 0.6 is 22.9 Å². The molecular formula is C20H18ClN3O3S. The molecule has 0 unspecified atom stereocenters. The second-order valence-corrected chi connectivity index (χ2v) is 7.83. The van der Waals surface area contributed by atoms with Crippen LogP contribution in [0.3, 0.4) is 0 Å². The topological polar surface area (TPSA) is 77.5 Å². The molecule has 144 valence electrons. The van der Waals surface area contributed by atoms with Gasteiger partial charge in [-0.25, -0.2) is 0 Å². The first-order valence-electron chi connectivity index (χ1n) is 8.62. The van der Waals surface area contributed by atoms with E-state index in [1.54, 1.807) is 0 Å². The van der Waals surface area contributed by atoms with Gasteiger partial charge in [-0.1, -0.05) is 41.4 Å². The third-order valence-corrected chi connectivity index (χ3v) is 5.62. The number of nitro benzene ring substituents is 1. The van der Waals surface area contributed by atoms with Crippen LogP contribution in [-0.4, -0.2) is 15.4 Å². The van der Waals surface area contributed by atoms with Gasteiger partial charge in [0.2, 0.25) is 0 Å². The van der Waals surface area contributed by atoms with E-state index >= 15 is 0 Å². The maximum absolute atomic E-state index is 12.6. The monoisotopic (exact) mass is 415 g/mol. The summed E-state index contributed by atoms with van der Waals surface area (Å²) in [6, 6.07) is 12.1. The Kier molecular flexibility index (Phi) is 5.76. The SMILES string of the molecule is CCn1c(-c2ccc(C)cc2)c(C)sc1=NC(=O)c1ccc(Cl)c([N+](=O)[O-])c1. The number of nitrogens with zero attached hydrogens (tertiary/aromatic N) is 3. The first-order valence-corrected chi connectivity index (χ1v) is 9.81. The molecule has 0 spiro atoms. The molecule has 0 saturated carbocycles. The third-order valence-electron chi connectivity index (χ3n) is 4.31. The molecule has 1 heterocycles. The summed E-state index contributed by atoms with van der Waals surface area (Å²) in [6.45, 7) is 6.65. The maximum atomic E-state index is 12.6. The molecule has 0 N–H and O–H groups in total. The van der Waals surface area contributed by atoms with Crippen molar-refractivity contribution in [3.63, 3.8) is 0 Å². The molecule has 0 aliphatic heterocycles. The highest BCUT2D eigenvalue weighted by atomic mass is 35.5. The molecule has 1 amide bonds. The van der Waals surface area contributed by atoms with Gasteiger partial charge in [0.1, 0.15) is 5.02 Å². The van der Waals surface area contributed by atoms with E-state index in [1.807, 2.05) is 49.6 Å². The number of aromatic nitrogens is 1. The fourth-order valence-electron chi connectivity index (χ4n) is 2.91. The molecule has 28 heavy (non-hydrogen) atoms. The number of aryl methyl sites for hydroxylation is 2. The van der Waals surface area contributed by atoms with Crippen LogP contribution in [0.1, 0.15) is 27.7 Å². The number of carbonyl (C=O) groups is 1. The largest absolute Gasteiger partial charge is 0.316 e. The van der Waals surface area contributed by atoms with Crippen LogP contribution in [0.15, 0.2) is 47.5 Å². The van der Waals surface area contributed by atoms with E-state index < -0.39 is 10.8 Å². The second-order valence-electron chi connectivity index (χ2n) is 6.24. The van der Waals surface area contributed by atoms with Crippen molar-refractivity contribution in [1.82, 2.24) is 4.57 Å². The number of halogens is 1. The summed E-state index contributed by atoms with van der Waals surface area (Å²) in [7, 11) is 0. The Bertz CT molecular complexity index is 1130. The summed E-state index contributed by atoms with van der Waals surface area (Å²) in [5.41, 5.74) is 3.05. The number of amides is 1. The summed E-state index contributed by atoms with van der Waals surface area (Å²) in [5, 5.41) is 11.0. The minimum Gasteiger partial charge on any atom is -0.316 e. The number of hydrogen-bond donors (Lipinski definition) is 0. The Morgan fingerprint density at radius 1 is 1.21 bits per heavy atom. The van der Waals surface area contributed by atoms with Gasteiger partial charge in [0.25, 0.3) is 11.6 Å². The number of hydrogen-bond acceptors (Lipinski definition) is 4. The van der Waals surface area contributed by atoms with Crippen LogP contribution in [0, 0.1) is 24.0 Å². The zero-order valence-electron chi connectivity index (χ0n) is 15.6. The van der Waals surface area contributed by atoms with E-state index in [4.69, 9.17) is 11.6 Å². The van der Waals surface area contributed by atoms with Gasteiger partial charge in [-0.3, -0.25) is 14.9 Å². The first kappa shape index (κ1) is 20.0. The minimum atomic E-state index is -0.615. The molecule has 0 radical (unpaired) electrons. The standard InChI is InChI=1S/C20H18ClN3O3S/c1-4-23-18(14-7-5-12(2)6-8-14)13(3)28-20(23)22-19(25)15-9-10-16(21)17(11-15)24(26)27/h5-11H,4H2,1-3H3. The summed E-state index contributed by atoms with van der Waals surface area (Å²) in [5.74, 6) is -0.543. The highest BCUT2D eigenvalue weighted by Crippen LogP contribution is 2.27. The lowest BCUT2D eigenvalue weighted by atomic mass is 10.1. The van der Waals surface area contributed by atoms with E-state index in [0.29, 0.717) is 11.3 Å².